The van der Waals surface area contributed by atoms with Crippen molar-refractivity contribution < 1.29 is 9.21 Å². The average Bonchev–Trinajstić information content (AvgIpc) is 3.10. The summed E-state index contributed by atoms with van der Waals surface area (Å²) in [4.78, 5) is 12.3. The molecule has 0 bridgehead atoms. The van der Waals surface area contributed by atoms with Gasteiger partial charge in [0.15, 0.2) is 0 Å². The molecule has 0 aliphatic rings. The first kappa shape index (κ1) is 19.3. The summed E-state index contributed by atoms with van der Waals surface area (Å²) in [7, 11) is 0. The van der Waals surface area contributed by atoms with Gasteiger partial charge in [-0.2, -0.15) is 0 Å². The summed E-state index contributed by atoms with van der Waals surface area (Å²) < 4.78 is 5.76. The monoisotopic (exact) mass is 399 g/mol. The Bertz CT molecular complexity index is 985. The third-order valence-corrected chi connectivity index (χ3v) is 4.60. The van der Waals surface area contributed by atoms with E-state index < -0.39 is 0 Å². The molecule has 0 saturated heterocycles. The number of furan rings is 1. The zero-order valence-electron chi connectivity index (χ0n) is 15.1. The van der Waals surface area contributed by atoms with Crippen molar-refractivity contribution in [1.29, 1.82) is 0 Å². The molecule has 2 aromatic carbocycles. The Morgan fingerprint density at radius 1 is 1.11 bits per heavy atom. The third-order valence-electron chi connectivity index (χ3n) is 4.16. The molecule has 0 atom stereocenters. The van der Waals surface area contributed by atoms with E-state index in [0.717, 1.165) is 28.8 Å². The molecular formula is C22H19Cl2NO2. The molecule has 1 aromatic heterocycles. The zero-order chi connectivity index (χ0) is 19.4. The lowest BCUT2D eigenvalue weighted by Crippen LogP contribution is -2.10. The highest BCUT2D eigenvalue weighted by atomic mass is 35.5. The minimum absolute atomic E-state index is 0.206. The number of hydrogen-bond donors (Lipinski definition) is 1. The second-order valence-corrected chi connectivity index (χ2v) is 7.02. The highest BCUT2D eigenvalue weighted by molar-refractivity contribution is 6.35. The highest BCUT2D eigenvalue weighted by Gasteiger charge is 2.08. The van der Waals surface area contributed by atoms with E-state index in [4.69, 9.17) is 27.6 Å². The number of hydrogen-bond acceptors (Lipinski definition) is 2. The maximum Gasteiger partial charge on any atom is 0.248 e. The number of para-hydroxylation sites is 1. The number of nitrogens with one attached hydrogen (secondary N) is 1. The number of halogens is 2. The van der Waals surface area contributed by atoms with Crippen molar-refractivity contribution in [2.45, 2.75) is 20.3 Å². The number of aryl methyl sites for hydroxylation is 2. The molecule has 0 unspecified atom stereocenters. The van der Waals surface area contributed by atoms with E-state index in [1.54, 1.807) is 30.3 Å². The molecule has 0 aliphatic carbocycles. The molecule has 0 radical (unpaired) electrons. The Balaban J connectivity index is 1.74. The summed E-state index contributed by atoms with van der Waals surface area (Å²) in [5.74, 6) is 0.992. The fourth-order valence-corrected chi connectivity index (χ4v) is 3.34. The lowest BCUT2D eigenvalue weighted by Gasteiger charge is -2.11. The molecule has 3 nitrogen and oxygen atoms in total. The highest BCUT2D eigenvalue weighted by Crippen LogP contribution is 2.29. The number of carbonyl (C=O) groups is 1. The fourth-order valence-electron chi connectivity index (χ4n) is 2.82. The van der Waals surface area contributed by atoms with Crippen molar-refractivity contribution in [3.05, 3.63) is 81.5 Å². The normalized spacial score (nSPS) is 11.1. The zero-order valence-corrected chi connectivity index (χ0v) is 16.6. The molecule has 3 aromatic rings. The van der Waals surface area contributed by atoms with Gasteiger partial charge in [0, 0.05) is 27.4 Å². The van der Waals surface area contributed by atoms with Gasteiger partial charge in [0.2, 0.25) is 5.91 Å². The quantitative estimate of drug-likeness (QED) is 0.480. The summed E-state index contributed by atoms with van der Waals surface area (Å²) in [6, 6.07) is 14.8. The lowest BCUT2D eigenvalue weighted by atomic mass is 10.1. The Morgan fingerprint density at radius 2 is 1.85 bits per heavy atom. The van der Waals surface area contributed by atoms with E-state index in [1.165, 1.54) is 6.08 Å². The predicted molar refractivity (Wildman–Crippen MR) is 112 cm³/mol. The van der Waals surface area contributed by atoms with Crippen LogP contribution in [-0.2, 0) is 11.2 Å². The van der Waals surface area contributed by atoms with E-state index >= 15 is 0 Å². The maximum atomic E-state index is 12.3. The predicted octanol–water partition coefficient (Wildman–Crippen LogP) is 6.78. The molecule has 0 saturated carbocycles. The summed E-state index contributed by atoms with van der Waals surface area (Å²) in [5.41, 5.74) is 3.79. The van der Waals surface area contributed by atoms with Crippen molar-refractivity contribution >= 4 is 40.9 Å². The van der Waals surface area contributed by atoms with Crippen LogP contribution >= 0.6 is 23.2 Å². The molecule has 0 aliphatic heterocycles. The molecule has 3 rings (SSSR count). The number of anilines is 1. The van der Waals surface area contributed by atoms with Crippen LogP contribution in [0.2, 0.25) is 10.0 Å². The number of amides is 1. The second-order valence-electron chi connectivity index (χ2n) is 6.15. The standard InChI is InChI=1S/C22H19Cl2NO2/c1-3-15-6-4-5-14(2)22(15)25-21(26)10-8-19-7-9-20(27-19)16-11-17(23)13-18(24)12-16/h4-13H,3H2,1-2H3,(H,25,26)/b10-8+. The average molecular weight is 400 g/mol. The van der Waals surface area contributed by atoms with Gasteiger partial charge < -0.3 is 9.73 Å². The van der Waals surface area contributed by atoms with Gasteiger partial charge in [0.05, 0.1) is 0 Å². The summed E-state index contributed by atoms with van der Waals surface area (Å²) in [6.07, 6.45) is 3.94. The molecule has 1 amide bonds. The van der Waals surface area contributed by atoms with E-state index in [-0.39, 0.29) is 5.91 Å². The summed E-state index contributed by atoms with van der Waals surface area (Å²) in [5, 5.41) is 4.03. The van der Waals surface area contributed by atoms with Crippen molar-refractivity contribution in [2.24, 2.45) is 0 Å². The van der Waals surface area contributed by atoms with Crippen molar-refractivity contribution in [1.82, 2.24) is 0 Å². The smallest absolute Gasteiger partial charge is 0.248 e. The van der Waals surface area contributed by atoms with Crippen LogP contribution < -0.4 is 5.32 Å². The summed E-state index contributed by atoms with van der Waals surface area (Å²) in [6.45, 7) is 4.04. The fraction of sp³-hybridized carbons (Fsp3) is 0.136. The molecule has 1 N–H and O–H groups in total. The van der Waals surface area contributed by atoms with Gasteiger partial charge in [0.25, 0.3) is 0 Å². The first-order valence-electron chi connectivity index (χ1n) is 8.60. The van der Waals surface area contributed by atoms with Crippen LogP contribution in [0.1, 0.15) is 23.8 Å². The van der Waals surface area contributed by atoms with E-state index in [0.29, 0.717) is 21.6 Å². The Labute approximate surface area is 168 Å². The third kappa shape index (κ3) is 4.82. The molecule has 0 fully saturated rings. The van der Waals surface area contributed by atoms with Gasteiger partial charge >= 0.3 is 0 Å². The first-order chi connectivity index (χ1) is 13.0. The minimum Gasteiger partial charge on any atom is -0.457 e. The van der Waals surface area contributed by atoms with Crippen LogP contribution in [-0.4, -0.2) is 5.91 Å². The van der Waals surface area contributed by atoms with Crippen molar-refractivity contribution in [3.63, 3.8) is 0 Å². The van der Waals surface area contributed by atoms with Crippen molar-refractivity contribution in [3.8, 4) is 11.3 Å². The van der Waals surface area contributed by atoms with Crippen molar-refractivity contribution in [2.75, 3.05) is 5.32 Å². The van der Waals surface area contributed by atoms with E-state index in [9.17, 15) is 4.79 Å². The number of carbonyl (C=O) groups excluding carboxylic acids is 1. The van der Waals surface area contributed by atoms with Gasteiger partial charge in [-0.25, -0.2) is 0 Å². The largest absolute Gasteiger partial charge is 0.457 e. The Hall–Kier alpha value is -2.49. The van der Waals surface area contributed by atoms with E-state index in [1.807, 2.05) is 31.2 Å². The molecule has 27 heavy (non-hydrogen) atoms. The van der Waals surface area contributed by atoms with Crippen LogP contribution in [0.5, 0.6) is 0 Å². The van der Waals surface area contributed by atoms with Gasteiger partial charge in [-0.15, -0.1) is 0 Å². The van der Waals surface area contributed by atoms with Crippen LogP contribution in [0.4, 0.5) is 5.69 Å². The Kier molecular flexibility index (Phi) is 6.04. The van der Waals surface area contributed by atoms with Crippen LogP contribution in [0.15, 0.2) is 59.0 Å². The SMILES string of the molecule is CCc1cccc(C)c1NC(=O)/C=C/c1ccc(-c2cc(Cl)cc(Cl)c2)o1. The maximum absolute atomic E-state index is 12.3. The van der Waals surface area contributed by atoms with Gasteiger partial charge in [-0.1, -0.05) is 48.3 Å². The van der Waals surface area contributed by atoms with Crippen LogP contribution in [0.3, 0.4) is 0 Å². The number of benzene rings is 2. The first-order valence-corrected chi connectivity index (χ1v) is 9.35. The summed E-state index contributed by atoms with van der Waals surface area (Å²) >= 11 is 12.1. The molecule has 138 valence electrons. The van der Waals surface area contributed by atoms with Crippen LogP contribution in [0, 0.1) is 6.92 Å². The molecule has 1 heterocycles. The lowest BCUT2D eigenvalue weighted by molar-refractivity contribution is -0.111. The minimum atomic E-state index is -0.206. The number of rotatable bonds is 5. The Morgan fingerprint density at radius 3 is 2.56 bits per heavy atom. The molecule has 0 spiro atoms. The topological polar surface area (TPSA) is 42.2 Å². The van der Waals surface area contributed by atoms with Gasteiger partial charge in [0.1, 0.15) is 11.5 Å². The molecular weight excluding hydrogens is 381 g/mol. The van der Waals surface area contributed by atoms with E-state index in [2.05, 4.69) is 12.2 Å². The van der Waals surface area contributed by atoms with Gasteiger partial charge in [-0.05, 0) is 60.9 Å². The molecule has 5 heteroatoms. The van der Waals surface area contributed by atoms with Gasteiger partial charge in [-0.3, -0.25) is 4.79 Å². The second kappa shape index (κ2) is 8.47. The van der Waals surface area contributed by atoms with Crippen LogP contribution in [0.25, 0.3) is 17.4 Å².